The van der Waals surface area contributed by atoms with E-state index < -0.39 is 6.10 Å². The highest BCUT2D eigenvalue weighted by Crippen LogP contribution is 2.24. The Labute approximate surface area is 144 Å². The second kappa shape index (κ2) is 10.2. The second-order valence-electron chi connectivity index (χ2n) is 5.68. The minimum absolute atomic E-state index is 0.336. The molecule has 1 aromatic carbocycles. The Morgan fingerprint density at radius 2 is 1.67 bits per heavy atom. The van der Waals surface area contributed by atoms with Crippen LogP contribution in [0.15, 0.2) is 48.8 Å². The molecule has 1 atom stereocenters. The second-order valence-corrected chi connectivity index (χ2v) is 5.68. The number of hydrogen-bond acceptors (Lipinski definition) is 4. The predicted octanol–water partition coefficient (Wildman–Crippen LogP) is 4.21. The zero-order valence-corrected chi connectivity index (χ0v) is 14.5. The van der Waals surface area contributed by atoms with Crippen LogP contribution in [-0.2, 0) is 15.9 Å². The number of aromatic nitrogens is 1. The van der Waals surface area contributed by atoms with Crippen molar-refractivity contribution in [2.24, 2.45) is 0 Å². The van der Waals surface area contributed by atoms with Crippen molar-refractivity contribution >= 4 is 0 Å². The smallest absolute Gasteiger partial charge is 0.183 e. The molecule has 24 heavy (non-hydrogen) atoms. The maximum absolute atomic E-state index is 10.4. The summed E-state index contributed by atoms with van der Waals surface area (Å²) in [6.07, 6.45) is 5.45. The fourth-order valence-corrected chi connectivity index (χ4v) is 2.63. The molecule has 1 heterocycles. The van der Waals surface area contributed by atoms with Crippen LogP contribution in [0.5, 0.6) is 0 Å². The fourth-order valence-electron chi connectivity index (χ4n) is 2.63. The standard InChI is InChI=1S/C20H27NO3/c1-3-23-20(24-4-2)18-12-10-17(11-13-18)19(22)9-5-7-16-8-6-14-21-15-16/h6,8,10-15,19-20,22H,3-5,7,9H2,1-2H3. The highest BCUT2D eigenvalue weighted by molar-refractivity contribution is 5.25. The van der Waals surface area contributed by atoms with Gasteiger partial charge in [0.15, 0.2) is 6.29 Å². The number of benzene rings is 1. The van der Waals surface area contributed by atoms with Gasteiger partial charge in [0.05, 0.1) is 6.10 Å². The topological polar surface area (TPSA) is 51.6 Å². The highest BCUT2D eigenvalue weighted by atomic mass is 16.7. The molecule has 130 valence electrons. The molecular weight excluding hydrogens is 302 g/mol. The minimum atomic E-state index is -0.451. The van der Waals surface area contributed by atoms with Crippen LogP contribution in [-0.4, -0.2) is 23.3 Å². The summed E-state index contributed by atoms with van der Waals surface area (Å²) in [5.74, 6) is 0. The molecule has 0 radical (unpaired) electrons. The minimum Gasteiger partial charge on any atom is -0.388 e. The first-order valence-electron chi connectivity index (χ1n) is 8.64. The molecule has 4 heteroatoms. The van der Waals surface area contributed by atoms with Gasteiger partial charge in [-0.2, -0.15) is 0 Å². The number of aliphatic hydroxyl groups excluding tert-OH is 1. The van der Waals surface area contributed by atoms with Crippen molar-refractivity contribution in [3.63, 3.8) is 0 Å². The molecule has 0 saturated heterocycles. The normalized spacial score (nSPS) is 12.5. The first kappa shape index (κ1) is 18.6. The van der Waals surface area contributed by atoms with E-state index in [0.29, 0.717) is 13.2 Å². The molecular formula is C20H27NO3. The Balaban J connectivity index is 1.87. The van der Waals surface area contributed by atoms with Gasteiger partial charge in [0.1, 0.15) is 0 Å². The summed E-state index contributed by atoms with van der Waals surface area (Å²) in [5, 5.41) is 10.4. The van der Waals surface area contributed by atoms with Crippen LogP contribution in [0.25, 0.3) is 0 Å². The lowest BCUT2D eigenvalue weighted by atomic mass is 10.0. The number of pyridine rings is 1. The Morgan fingerprint density at radius 3 is 2.25 bits per heavy atom. The molecule has 0 amide bonds. The molecule has 4 nitrogen and oxygen atoms in total. The third kappa shape index (κ3) is 5.71. The van der Waals surface area contributed by atoms with Gasteiger partial charge in [0.25, 0.3) is 0 Å². The molecule has 0 aliphatic carbocycles. The number of rotatable bonds is 10. The highest BCUT2D eigenvalue weighted by Gasteiger charge is 2.13. The average molecular weight is 329 g/mol. The molecule has 1 aromatic heterocycles. The van der Waals surface area contributed by atoms with Crippen LogP contribution >= 0.6 is 0 Å². The third-order valence-corrected chi connectivity index (χ3v) is 3.90. The van der Waals surface area contributed by atoms with Gasteiger partial charge in [-0.3, -0.25) is 4.98 Å². The van der Waals surface area contributed by atoms with E-state index >= 15 is 0 Å². The van der Waals surface area contributed by atoms with Gasteiger partial charge in [-0.1, -0.05) is 30.3 Å². The van der Waals surface area contributed by atoms with Crippen LogP contribution < -0.4 is 0 Å². The molecule has 0 saturated carbocycles. The van der Waals surface area contributed by atoms with E-state index in [-0.39, 0.29) is 6.29 Å². The van der Waals surface area contributed by atoms with Crippen LogP contribution in [0, 0.1) is 0 Å². The van der Waals surface area contributed by atoms with Crippen LogP contribution in [0.3, 0.4) is 0 Å². The van der Waals surface area contributed by atoms with Gasteiger partial charge in [-0.15, -0.1) is 0 Å². The Bertz CT molecular complexity index is 565. The van der Waals surface area contributed by atoms with Crippen LogP contribution in [0.2, 0.25) is 0 Å². The Hall–Kier alpha value is -1.75. The van der Waals surface area contributed by atoms with Crippen LogP contribution in [0.4, 0.5) is 0 Å². The SMILES string of the molecule is CCOC(OCC)c1ccc(C(O)CCCc2cccnc2)cc1. The number of nitrogens with zero attached hydrogens (tertiary/aromatic N) is 1. The number of aliphatic hydroxyl groups is 1. The molecule has 1 unspecified atom stereocenters. The summed E-state index contributed by atoms with van der Waals surface area (Å²) in [5.41, 5.74) is 3.11. The fraction of sp³-hybridized carbons (Fsp3) is 0.450. The van der Waals surface area contributed by atoms with Crippen molar-refractivity contribution in [2.45, 2.75) is 45.5 Å². The van der Waals surface area contributed by atoms with E-state index in [4.69, 9.17) is 9.47 Å². The molecule has 2 aromatic rings. The maximum atomic E-state index is 10.4. The lowest BCUT2D eigenvalue weighted by molar-refractivity contribution is -0.140. The van der Waals surface area contributed by atoms with Gasteiger partial charge in [0.2, 0.25) is 0 Å². The first-order valence-corrected chi connectivity index (χ1v) is 8.64. The van der Waals surface area contributed by atoms with Gasteiger partial charge in [-0.25, -0.2) is 0 Å². The monoisotopic (exact) mass is 329 g/mol. The number of hydrogen-bond donors (Lipinski definition) is 1. The summed E-state index contributed by atoms with van der Waals surface area (Å²) in [6.45, 7) is 5.10. The summed E-state index contributed by atoms with van der Waals surface area (Å²) in [7, 11) is 0. The maximum Gasteiger partial charge on any atom is 0.183 e. The van der Waals surface area contributed by atoms with Gasteiger partial charge in [0, 0.05) is 31.2 Å². The molecule has 2 rings (SSSR count). The Kier molecular flexibility index (Phi) is 7.89. The molecule has 1 N–H and O–H groups in total. The van der Waals surface area contributed by atoms with Gasteiger partial charge in [-0.05, 0) is 50.3 Å². The van der Waals surface area contributed by atoms with Crippen molar-refractivity contribution in [3.05, 3.63) is 65.5 Å². The molecule has 0 aliphatic heterocycles. The van der Waals surface area contributed by atoms with Crippen molar-refractivity contribution in [3.8, 4) is 0 Å². The largest absolute Gasteiger partial charge is 0.388 e. The van der Waals surface area contributed by atoms with E-state index in [2.05, 4.69) is 11.1 Å². The van der Waals surface area contributed by atoms with E-state index in [1.165, 1.54) is 5.56 Å². The summed E-state index contributed by atoms with van der Waals surface area (Å²) >= 11 is 0. The van der Waals surface area contributed by atoms with Crippen molar-refractivity contribution in [2.75, 3.05) is 13.2 Å². The number of aryl methyl sites for hydroxylation is 1. The molecule has 0 bridgehead atoms. The summed E-state index contributed by atoms with van der Waals surface area (Å²) in [4.78, 5) is 4.11. The van der Waals surface area contributed by atoms with E-state index in [0.717, 1.165) is 30.4 Å². The van der Waals surface area contributed by atoms with Crippen molar-refractivity contribution in [1.29, 1.82) is 0 Å². The molecule has 0 fully saturated rings. The van der Waals surface area contributed by atoms with Gasteiger partial charge >= 0.3 is 0 Å². The summed E-state index contributed by atoms with van der Waals surface area (Å²) < 4.78 is 11.2. The van der Waals surface area contributed by atoms with Crippen molar-refractivity contribution in [1.82, 2.24) is 4.98 Å². The quantitative estimate of drug-likeness (QED) is 0.663. The molecule has 0 aliphatic rings. The lowest BCUT2D eigenvalue weighted by Crippen LogP contribution is -2.09. The zero-order valence-electron chi connectivity index (χ0n) is 14.5. The van der Waals surface area contributed by atoms with E-state index in [1.807, 2.05) is 50.4 Å². The zero-order chi connectivity index (χ0) is 17.2. The van der Waals surface area contributed by atoms with E-state index in [9.17, 15) is 5.11 Å². The Morgan fingerprint density at radius 1 is 1.00 bits per heavy atom. The van der Waals surface area contributed by atoms with E-state index in [1.54, 1.807) is 6.20 Å². The molecule has 0 spiro atoms. The lowest BCUT2D eigenvalue weighted by Gasteiger charge is -2.18. The first-order chi connectivity index (χ1) is 11.7. The van der Waals surface area contributed by atoms with Crippen molar-refractivity contribution < 1.29 is 14.6 Å². The summed E-state index contributed by atoms with van der Waals surface area (Å²) in [6, 6.07) is 11.9. The number of ether oxygens (including phenoxy) is 2. The van der Waals surface area contributed by atoms with Gasteiger partial charge < -0.3 is 14.6 Å². The average Bonchev–Trinajstić information content (AvgIpc) is 2.62. The predicted molar refractivity (Wildman–Crippen MR) is 94.6 cm³/mol. The third-order valence-electron chi connectivity index (χ3n) is 3.90. The van der Waals surface area contributed by atoms with Crippen LogP contribution in [0.1, 0.15) is 55.8 Å².